The van der Waals surface area contributed by atoms with Crippen LogP contribution in [0.2, 0.25) is 0 Å². The van der Waals surface area contributed by atoms with Crippen molar-refractivity contribution in [2.24, 2.45) is 5.73 Å². The van der Waals surface area contributed by atoms with E-state index in [0.717, 1.165) is 25.9 Å². The third-order valence-electron chi connectivity index (χ3n) is 2.41. The Morgan fingerprint density at radius 3 is 2.15 bits per heavy atom. The molecule has 3 nitrogen and oxygen atoms in total. The number of nitrogens with zero attached hydrogens (tertiary/aromatic N) is 1. The van der Waals surface area contributed by atoms with Gasteiger partial charge in [-0.05, 0) is 33.0 Å². The van der Waals surface area contributed by atoms with Gasteiger partial charge in [-0.3, -0.25) is 0 Å². The number of methoxy groups -OCH3 is 1. The Morgan fingerprint density at radius 1 is 1.31 bits per heavy atom. The number of rotatable bonds is 2. The summed E-state index contributed by atoms with van der Waals surface area (Å²) in [6, 6.07) is 0. The van der Waals surface area contributed by atoms with Crippen LogP contribution in [0.1, 0.15) is 26.7 Å². The van der Waals surface area contributed by atoms with Gasteiger partial charge in [-0.15, -0.1) is 0 Å². The predicted octanol–water partition coefficient (Wildman–Crippen LogP) is 1.08. The van der Waals surface area contributed by atoms with Gasteiger partial charge in [-0.2, -0.15) is 0 Å². The lowest BCUT2D eigenvalue weighted by molar-refractivity contribution is 0.0857. The van der Waals surface area contributed by atoms with E-state index in [1.165, 1.54) is 0 Å². The van der Waals surface area contributed by atoms with Crippen molar-refractivity contribution in [2.75, 3.05) is 33.9 Å². The van der Waals surface area contributed by atoms with Crippen molar-refractivity contribution in [1.82, 2.24) is 4.90 Å². The van der Waals surface area contributed by atoms with Gasteiger partial charge < -0.3 is 15.4 Å². The Balaban J connectivity index is 0.000000671. The third-order valence-corrected chi connectivity index (χ3v) is 2.41. The van der Waals surface area contributed by atoms with Crippen LogP contribution in [0.3, 0.4) is 0 Å². The number of hydrogen-bond donors (Lipinski definition) is 1. The molecule has 0 aliphatic carbocycles. The molecule has 1 saturated heterocycles. The summed E-state index contributed by atoms with van der Waals surface area (Å²) in [5, 5.41) is 0. The summed E-state index contributed by atoms with van der Waals surface area (Å²) in [7, 11) is 3.85. The van der Waals surface area contributed by atoms with E-state index < -0.39 is 0 Å². The van der Waals surface area contributed by atoms with Gasteiger partial charge in [0.1, 0.15) is 0 Å². The van der Waals surface area contributed by atoms with Crippen molar-refractivity contribution in [1.29, 1.82) is 0 Å². The first-order valence-corrected chi connectivity index (χ1v) is 5.13. The molecule has 0 radical (unpaired) electrons. The van der Waals surface area contributed by atoms with Crippen molar-refractivity contribution in [3.05, 3.63) is 0 Å². The molecule has 1 aliphatic rings. The van der Waals surface area contributed by atoms with E-state index in [1.54, 1.807) is 7.11 Å². The lowest BCUT2D eigenvalue weighted by Gasteiger charge is -2.36. The molecule has 13 heavy (non-hydrogen) atoms. The lowest BCUT2D eigenvalue weighted by atomic mass is 9.90. The second kappa shape index (κ2) is 6.35. The molecular formula is C10H24N2O. The number of likely N-dealkylation sites (tertiary alicyclic amines) is 1. The monoisotopic (exact) mass is 188 g/mol. The summed E-state index contributed by atoms with van der Waals surface area (Å²) < 4.78 is 5.08. The van der Waals surface area contributed by atoms with Crippen LogP contribution < -0.4 is 5.73 Å². The second-order valence-electron chi connectivity index (χ2n) is 3.60. The highest BCUT2D eigenvalue weighted by molar-refractivity contribution is 4.89. The number of hydrogen-bond acceptors (Lipinski definition) is 3. The molecule has 3 heteroatoms. The number of piperidine rings is 1. The molecule has 80 valence electrons. The molecule has 0 spiro atoms. The smallest absolute Gasteiger partial charge is 0.0643 e. The molecule has 0 atom stereocenters. The molecule has 1 rings (SSSR count). The summed E-state index contributed by atoms with van der Waals surface area (Å²) in [4.78, 5) is 2.31. The first-order valence-electron chi connectivity index (χ1n) is 5.13. The van der Waals surface area contributed by atoms with Crippen molar-refractivity contribution in [3.63, 3.8) is 0 Å². The summed E-state index contributed by atoms with van der Waals surface area (Å²) >= 11 is 0. The van der Waals surface area contributed by atoms with Gasteiger partial charge in [-0.25, -0.2) is 0 Å². The number of nitrogens with two attached hydrogens (primary N) is 1. The Bertz CT molecular complexity index is 120. The highest BCUT2D eigenvalue weighted by atomic mass is 16.5. The molecule has 0 amide bonds. The predicted molar refractivity (Wildman–Crippen MR) is 56.9 cm³/mol. The molecule has 1 heterocycles. The highest BCUT2D eigenvalue weighted by Crippen LogP contribution is 2.18. The maximum Gasteiger partial charge on any atom is 0.0643 e. The fourth-order valence-corrected chi connectivity index (χ4v) is 1.50. The maximum atomic E-state index is 6.08. The fourth-order valence-electron chi connectivity index (χ4n) is 1.50. The van der Waals surface area contributed by atoms with Crippen LogP contribution in [0.4, 0.5) is 0 Å². The highest BCUT2D eigenvalue weighted by Gasteiger charge is 2.28. The van der Waals surface area contributed by atoms with Gasteiger partial charge in [0.25, 0.3) is 0 Å². The Morgan fingerprint density at radius 2 is 1.77 bits per heavy atom. The summed E-state index contributed by atoms with van der Waals surface area (Å²) in [6.07, 6.45) is 2.11. The van der Waals surface area contributed by atoms with Crippen LogP contribution in [0, 0.1) is 0 Å². The summed E-state index contributed by atoms with van der Waals surface area (Å²) in [5.74, 6) is 0. The van der Waals surface area contributed by atoms with E-state index in [2.05, 4.69) is 11.9 Å². The fraction of sp³-hybridized carbons (Fsp3) is 1.00. The second-order valence-corrected chi connectivity index (χ2v) is 3.60. The normalized spacial score (nSPS) is 21.9. The minimum atomic E-state index is -0.0543. The molecular weight excluding hydrogens is 164 g/mol. The van der Waals surface area contributed by atoms with Crippen molar-refractivity contribution >= 4 is 0 Å². The summed E-state index contributed by atoms with van der Waals surface area (Å²) in [6.45, 7) is 6.89. The van der Waals surface area contributed by atoms with Gasteiger partial charge in [0.15, 0.2) is 0 Å². The molecule has 0 aromatic heterocycles. The van der Waals surface area contributed by atoms with Crippen LogP contribution in [0.15, 0.2) is 0 Å². The maximum absolute atomic E-state index is 6.08. The zero-order valence-corrected chi connectivity index (χ0v) is 9.47. The molecule has 0 unspecified atom stereocenters. The standard InChI is InChI=1S/C8H18N2O.C2H6/c1-10-5-3-8(9,4-6-10)7-11-2;1-2/h3-7,9H2,1-2H3;1-2H3. The van der Waals surface area contributed by atoms with Gasteiger partial charge in [-0.1, -0.05) is 13.8 Å². The van der Waals surface area contributed by atoms with Crippen LogP contribution in [0.5, 0.6) is 0 Å². The largest absolute Gasteiger partial charge is 0.383 e. The molecule has 0 aromatic rings. The van der Waals surface area contributed by atoms with Gasteiger partial charge in [0, 0.05) is 12.6 Å². The van der Waals surface area contributed by atoms with E-state index in [-0.39, 0.29) is 5.54 Å². The Kier molecular flexibility index (Phi) is 6.29. The first-order chi connectivity index (χ1) is 6.16. The topological polar surface area (TPSA) is 38.5 Å². The molecule has 1 aliphatic heterocycles. The van der Waals surface area contributed by atoms with Gasteiger partial charge >= 0.3 is 0 Å². The van der Waals surface area contributed by atoms with Gasteiger partial charge in [0.05, 0.1) is 6.61 Å². The average Bonchev–Trinajstić information content (AvgIpc) is 2.15. The zero-order valence-electron chi connectivity index (χ0n) is 9.47. The van der Waals surface area contributed by atoms with Crippen LogP contribution in [0.25, 0.3) is 0 Å². The van der Waals surface area contributed by atoms with E-state index in [9.17, 15) is 0 Å². The van der Waals surface area contributed by atoms with E-state index in [4.69, 9.17) is 10.5 Å². The SMILES string of the molecule is CC.COCC1(N)CCN(C)CC1. The molecule has 0 bridgehead atoms. The molecule has 1 fully saturated rings. The quantitative estimate of drug-likeness (QED) is 0.705. The van der Waals surface area contributed by atoms with Crippen LogP contribution in [-0.2, 0) is 4.74 Å². The molecule has 0 aromatic carbocycles. The van der Waals surface area contributed by atoms with E-state index in [1.807, 2.05) is 13.8 Å². The minimum Gasteiger partial charge on any atom is -0.383 e. The van der Waals surface area contributed by atoms with Crippen molar-refractivity contribution in [3.8, 4) is 0 Å². The van der Waals surface area contributed by atoms with Crippen molar-refractivity contribution in [2.45, 2.75) is 32.2 Å². The third kappa shape index (κ3) is 4.60. The lowest BCUT2D eigenvalue weighted by Crippen LogP contribution is -2.52. The van der Waals surface area contributed by atoms with Gasteiger partial charge in [0.2, 0.25) is 0 Å². The van der Waals surface area contributed by atoms with E-state index >= 15 is 0 Å². The summed E-state index contributed by atoms with van der Waals surface area (Å²) in [5.41, 5.74) is 6.03. The first kappa shape index (κ1) is 12.9. The van der Waals surface area contributed by atoms with E-state index in [0.29, 0.717) is 6.61 Å². The average molecular weight is 188 g/mol. The number of ether oxygens (including phenoxy) is 1. The Labute approximate surface area is 82.2 Å². The van der Waals surface area contributed by atoms with Crippen molar-refractivity contribution < 1.29 is 4.74 Å². The Hall–Kier alpha value is -0.120. The zero-order chi connectivity index (χ0) is 10.3. The molecule has 0 saturated carbocycles. The molecule has 2 N–H and O–H groups in total. The van der Waals surface area contributed by atoms with Crippen LogP contribution >= 0.6 is 0 Å². The van der Waals surface area contributed by atoms with Crippen LogP contribution in [-0.4, -0.2) is 44.3 Å². The minimum absolute atomic E-state index is 0.0543.